The number of hydrogen-bond donors (Lipinski definition) is 1. The van der Waals surface area contributed by atoms with E-state index in [-0.39, 0.29) is 37.0 Å². The molecule has 0 radical (unpaired) electrons. The summed E-state index contributed by atoms with van der Waals surface area (Å²) >= 11 is 0. The third-order valence-corrected chi connectivity index (χ3v) is 3.17. The molecule has 6 nitrogen and oxygen atoms in total. The fourth-order valence-electron chi connectivity index (χ4n) is 2.41. The molecular formula is C12H24ClNO5. The molecule has 4 atom stereocenters. The number of methoxy groups -OCH3 is 2. The Morgan fingerprint density at radius 1 is 1.16 bits per heavy atom. The summed E-state index contributed by atoms with van der Waals surface area (Å²) in [6, 6.07) is 0. The zero-order chi connectivity index (χ0) is 13.2. The molecule has 2 saturated heterocycles. The van der Waals surface area contributed by atoms with Crippen molar-refractivity contribution < 1.29 is 23.7 Å². The van der Waals surface area contributed by atoms with Crippen molar-refractivity contribution in [2.24, 2.45) is 0 Å². The van der Waals surface area contributed by atoms with Crippen LogP contribution in [0.2, 0.25) is 0 Å². The topological polar surface area (TPSA) is 58.2 Å². The van der Waals surface area contributed by atoms with Crippen LogP contribution < -0.4 is 5.32 Å². The molecule has 7 heteroatoms. The summed E-state index contributed by atoms with van der Waals surface area (Å²) in [7, 11) is 3.30. The summed E-state index contributed by atoms with van der Waals surface area (Å²) in [5.41, 5.74) is 0. The highest BCUT2D eigenvalue weighted by Gasteiger charge is 2.55. The van der Waals surface area contributed by atoms with Gasteiger partial charge in [0.05, 0.1) is 6.61 Å². The normalized spacial score (nSPS) is 36.0. The van der Waals surface area contributed by atoms with Crippen molar-refractivity contribution in [3.05, 3.63) is 0 Å². The van der Waals surface area contributed by atoms with Crippen molar-refractivity contribution in [2.45, 2.75) is 44.2 Å². The zero-order valence-electron chi connectivity index (χ0n) is 11.9. The number of halogens is 1. The van der Waals surface area contributed by atoms with Crippen LogP contribution in [-0.2, 0) is 23.7 Å². The molecule has 0 spiro atoms. The van der Waals surface area contributed by atoms with Crippen molar-refractivity contribution >= 4 is 12.4 Å². The van der Waals surface area contributed by atoms with Gasteiger partial charge in [0.1, 0.15) is 18.3 Å². The first-order valence-electron chi connectivity index (χ1n) is 6.31. The fourth-order valence-corrected chi connectivity index (χ4v) is 2.41. The summed E-state index contributed by atoms with van der Waals surface area (Å²) in [4.78, 5) is 0. The molecule has 0 amide bonds. The number of ether oxygens (including phenoxy) is 5. The molecule has 19 heavy (non-hydrogen) atoms. The second kappa shape index (κ2) is 7.17. The maximum Gasteiger partial charge on any atom is 0.186 e. The number of rotatable bonds is 6. The number of fused-ring (bicyclic) bond motifs is 1. The van der Waals surface area contributed by atoms with Crippen molar-refractivity contribution in [1.82, 2.24) is 5.32 Å². The second-order valence-electron chi connectivity index (χ2n) is 5.04. The Balaban J connectivity index is 0.00000180. The highest BCUT2D eigenvalue weighted by molar-refractivity contribution is 5.85. The van der Waals surface area contributed by atoms with Gasteiger partial charge in [-0.05, 0) is 13.8 Å². The molecule has 1 N–H and O–H groups in total. The largest absolute Gasteiger partial charge is 0.383 e. The predicted molar refractivity (Wildman–Crippen MR) is 71.5 cm³/mol. The smallest absolute Gasteiger partial charge is 0.186 e. The maximum absolute atomic E-state index is 5.88. The van der Waals surface area contributed by atoms with Gasteiger partial charge in [0.15, 0.2) is 12.1 Å². The van der Waals surface area contributed by atoms with Gasteiger partial charge in [-0.2, -0.15) is 0 Å². The van der Waals surface area contributed by atoms with Gasteiger partial charge < -0.3 is 29.0 Å². The van der Waals surface area contributed by atoms with Crippen LogP contribution in [0.25, 0.3) is 0 Å². The molecule has 0 aromatic carbocycles. The standard InChI is InChI=1S/C12H23NO5.ClH/c1-12(2)17-9-8(7-13-5-6-14-3)16-11(15-4)10(9)18-12;/h8-11,13H,5-7H2,1-4H3;1H. The SMILES string of the molecule is COCCNCC1OC(OC)C2OC(C)(C)OC12.Cl. The maximum atomic E-state index is 5.88. The Hall–Kier alpha value is 0.0500. The number of nitrogens with one attached hydrogen (secondary N) is 1. The van der Waals surface area contributed by atoms with E-state index in [1.807, 2.05) is 13.8 Å². The summed E-state index contributed by atoms with van der Waals surface area (Å²) in [6.45, 7) is 5.98. The molecule has 0 aromatic rings. The van der Waals surface area contributed by atoms with Crippen LogP contribution in [0.1, 0.15) is 13.8 Å². The van der Waals surface area contributed by atoms with E-state index in [0.29, 0.717) is 13.2 Å². The van der Waals surface area contributed by atoms with Crippen LogP contribution in [-0.4, -0.2) is 64.3 Å². The van der Waals surface area contributed by atoms with E-state index in [0.717, 1.165) is 6.54 Å². The Kier molecular flexibility index (Phi) is 6.46. The third kappa shape index (κ3) is 4.01. The summed E-state index contributed by atoms with van der Waals surface area (Å²) < 4.78 is 27.7. The predicted octanol–water partition coefficient (Wildman–Crippen LogP) is 0.536. The van der Waals surface area contributed by atoms with Crippen LogP contribution >= 0.6 is 12.4 Å². The van der Waals surface area contributed by atoms with Crippen LogP contribution in [0, 0.1) is 0 Å². The van der Waals surface area contributed by atoms with E-state index in [4.69, 9.17) is 23.7 Å². The molecule has 2 aliphatic heterocycles. The van der Waals surface area contributed by atoms with Crippen molar-refractivity contribution in [3.63, 3.8) is 0 Å². The second-order valence-corrected chi connectivity index (χ2v) is 5.04. The minimum Gasteiger partial charge on any atom is -0.383 e. The molecule has 0 bridgehead atoms. The first kappa shape index (κ1) is 17.1. The van der Waals surface area contributed by atoms with Crippen LogP contribution in [0.3, 0.4) is 0 Å². The first-order chi connectivity index (χ1) is 8.57. The lowest BCUT2D eigenvalue weighted by atomic mass is 10.1. The van der Waals surface area contributed by atoms with Crippen molar-refractivity contribution in [2.75, 3.05) is 33.9 Å². The third-order valence-electron chi connectivity index (χ3n) is 3.17. The van der Waals surface area contributed by atoms with Gasteiger partial charge in [0.25, 0.3) is 0 Å². The lowest BCUT2D eigenvalue weighted by molar-refractivity contribution is -0.226. The Bertz CT molecular complexity index is 279. The Morgan fingerprint density at radius 2 is 1.84 bits per heavy atom. The lowest BCUT2D eigenvalue weighted by Crippen LogP contribution is -2.38. The molecule has 2 aliphatic rings. The summed E-state index contributed by atoms with van der Waals surface area (Å²) in [6.07, 6.45) is -0.649. The van der Waals surface area contributed by atoms with Crippen molar-refractivity contribution in [1.29, 1.82) is 0 Å². The molecule has 114 valence electrons. The Labute approximate surface area is 120 Å². The number of hydrogen-bond acceptors (Lipinski definition) is 6. The Morgan fingerprint density at radius 3 is 2.47 bits per heavy atom. The highest BCUT2D eigenvalue weighted by atomic mass is 35.5. The van der Waals surface area contributed by atoms with Gasteiger partial charge in [0.2, 0.25) is 0 Å². The minimum atomic E-state index is -0.569. The zero-order valence-corrected chi connectivity index (χ0v) is 12.7. The van der Waals surface area contributed by atoms with Gasteiger partial charge in [-0.1, -0.05) is 0 Å². The van der Waals surface area contributed by atoms with Gasteiger partial charge in [-0.15, -0.1) is 12.4 Å². The molecule has 2 rings (SSSR count). The van der Waals surface area contributed by atoms with Crippen LogP contribution in [0.15, 0.2) is 0 Å². The van der Waals surface area contributed by atoms with Gasteiger partial charge in [-0.25, -0.2) is 0 Å². The monoisotopic (exact) mass is 297 g/mol. The minimum absolute atomic E-state index is 0. The van der Waals surface area contributed by atoms with E-state index >= 15 is 0 Å². The first-order valence-corrected chi connectivity index (χ1v) is 6.31. The summed E-state index contributed by atoms with van der Waals surface area (Å²) in [5, 5.41) is 3.27. The molecule has 0 aliphatic carbocycles. The average molecular weight is 298 g/mol. The van der Waals surface area contributed by atoms with E-state index < -0.39 is 5.79 Å². The van der Waals surface area contributed by atoms with Gasteiger partial charge in [-0.3, -0.25) is 0 Å². The molecule has 0 aromatic heterocycles. The molecule has 0 saturated carbocycles. The van der Waals surface area contributed by atoms with E-state index in [1.54, 1.807) is 14.2 Å². The molecule has 4 unspecified atom stereocenters. The quantitative estimate of drug-likeness (QED) is 0.722. The van der Waals surface area contributed by atoms with E-state index in [2.05, 4.69) is 5.32 Å². The molecule has 2 heterocycles. The van der Waals surface area contributed by atoms with E-state index in [1.165, 1.54) is 0 Å². The van der Waals surface area contributed by atoms with Crippen molar-refractivity contribution in [3.8, 4) is 0 Å². The average Bonchev–Trinajstić information content (AvgIpc) is 2.78. The molecule has 2 fully saturated rings. The highest BCUT2D eigenvalue weighted by Crippen LogP contribution is 2.38. The van der Waals surface area contributed by atoms with Gasteiger partial charge in [0, 0.05) is 27.3 Å². The van der Waals surface area contributed by atoms with Gasteiger partial charge >= 0.3 is 0 Å². The fraction of sp³-hybridized carbons (Fsp3) is 1.00. The lowest BCUT2D eigenvalue weighted by Gasteiger charge is -2.23. The summed E-state index contributed by atoms with van der Waals surface area (Å²) in [5.74, 6) is -0.569. The molecular weight excluding hydrogens is 274 g/mol. The van der Waals surface area contributed by atoms with E-state index in [9.17, 15) is 0 Å². The van der Waals surface area contributed by atoms with Crippen LogP contribution in [0.5, 0.6) is 0 Å². The van der Waals surface area contributed by atoms with Crippen LogP contribution in [0.4, 0.5) is 0 Å².